The quantitative estimate of drug-likeness (QED) is 0.809. The van der Waals surface area contributed by atoms with Crippen molar-refractivity contribution in [2.45, 2.75) is 32.3 Å². The van der Waals surface area contributed by atoms with Crippen molar-refractivity contribution >= 4 is 16.8 Å². The Hall–Kier alpha value is -1.87. The number of aliphatic hydroxyl groups excluding tert-OH is 1. The molecule has 0 amide bonds. The molecule has 0 saturated carbocycles. The molecule has 1 atom stereocenters. The maximum absolute atomic E-state index is 11.2. The van der Waals surface area contributed by atoms with Crippen LogP contribution in [0.3, 0.4) is 0 Å². The molecule has 1 heterocycles. The third-order valence-electron chi connectivity index (χ3n) is 3.07. The van der Waals surface area contributed by atoms with E-state index in [1.807, 2.05) is 19.1 Å². The standard InChI is InChI=1S/C16H19NO2/c1-12(18)5-3-2-4-6-13-7-8-14-10-16(19)17-11-15(14)9-13/h4,6-12,18H,2-3,5H2,1H3,(H,17,19). The molecule has 1 unspecified atom stereocenters. The highest BCUT2D eigenvalue weighted by Gasteiger charge is 1.96. The normalized spacial score (nSPS) is 13.2. The minimum absolute atomic E-state index is 0.0751. The van der Waals surface area contributed by atoms with Crippen molar-refractivity contribution in [1.29, 1.82) is 0 Å². The predicted octanol–water partition coefficient (Wildman–Crippen LogP) is 3.09. The van der Waals surface area contributed by atoms with Crippen molar-refractivity contribution in [3.63, 3.8) is 0 Å². The number of hydrogen-bond donors (Lipinski definition) is 2. The van der Waals surface area contributed by atoms with Crippen LogP contribution in [-0.2, 0) is 0 Å². The molecule has 2 aromatic rings. The van der Waals surface area contributed by atoms with Crippen LogP contribution in [0.5, 0.6) is 0 Å². The second kappa shape index (κ2) is 6.34. The first kappa shape index (κ1) is 13.6. The van der Waals surface area contributed by atoms with E-state index >= 15 is 0 Å². The Labute approximate surface area is 112 Å². The van der Waals surface area contributed by atoms with Gasteiger partial charge in [-0.2, -0.15) is 0 Å². The lowest BCUT2D eigenvalue weighted by Gasteiger charge is -2.01. The Bertz CT molecular complexity index is 626. The Balaban J connectivity index is 2.03. The van der Waals surface area contributed by atoms with E-state index in [4.69, 9.17) is 5.11 Å². The molecule has 0 spiro atoms. The molecule has 1 aromatic carbocycles. The van der Waals surface area contributed by atoms with Gasteiger partial charge in [0.05, 0.1) is 6.10 Å². The number of unbranched alkanes of at least 4 members (excludes halogenated alkanes) is 1. The molecule has 0 saturated heterocycles. The molecule has 2 rings (SSSR count). The second-order valence-electron chi connectivity index (χ2n) is 4.87. The van der Waals surface area contributed by atoms with E-state index in [-0.39, 0.29) is 11.7 Å². The average molecular weight is 257 g/mol. The SMILES string of the molecule is CC(O)CCCC=Cc1ccc2cc(=O)[nH]cc2c1. The number of rotatable bonds is 5. The van der Waals surface area contributed by atoms with Crippen LogP contribution < -0.4 is 5.56 Å². The zero-order valence-electron chi connectivity index (χ0n) is 11.1. The fourth-order valence-corrected chi connectivity index (χ4v) is 2.04. The Morgan fingerprint density at radius 2 is 2.16 bits per heavy atom. The highest BCUT2D eigenvalue weighted by Crippen LogP contribution is 2.14. The molecule has 3 nitrogen and oxygen atoms in total. The zero-order chi connectivity index (χ0) is 13.7. The van der Waals surface area contributed by atoms with E-state index in [9.17, 15) is 4.79 Å². The van der Waals surface area contributed by atoms with Crippen molar-refractivity contribution in [1.82, 2.24) is 4.98 Å². The molecule has 0 bridgehead atoms. The summed E-state index contributed by atoms with van der Waals surface area (Å²) < 4.78 is 0. The van der Waals surface area contributed by atoms with Crippen LogP contribution >= 0.6 is 0 Å². The van der Waals surface area contributed by atoms with Gasteiger partial charge in [-0.05, 0) is 48.6 Å². The van der Waals surface area contributed by atoms with Gasteiger partial charge in [0.2, 0.25) is 5.56 Å². The first-order valence-electron chi connectivity index (χ1n) is 6.62. The molecular weight excluding hydrogens is 238 g/mol. The summed E-state index contributed by atoms with van der Waals surface area (Å²) in [5.74, 6) is 0. The number of fused-ring (bicyclic) bond motifs is 1. The third-order valence-corrected chi connectivity index (χ3v) is 3.07. The molecule has 0 aliphatic rings. The Morgan fingerprint density at radius 1 is 1.32 bits per heavy atom. The van der Waals surface area contributed by atoms with Gasteiger partial charge in [-0.3, -0.25) is 4.79 Å². The van der Waals surface area contributed by atoms with Gasteiger partial charge in [0.25, 0.3) is 0 Å². The zero-order valence-corrected chi connectivity index (χ0v) is 11.1. The number of nitrogens with one attached hydrogen (secondary N) is 1. The molecule has 0 aliphatic heterocycles. The van der Waals surface area contributed by atoms with E-state index in [1.165, 1.54) is 0 Å². The van der Waals surface area contributed by atoms with Gasteiger partial charge in [0.15, 0.2) is 0 Å². The van der Waals surface area contributed by atoms with E-state index in [0.717, 1.165) is 35.6 Å². The summed E-state index contributed by atoms with van der Waals surface area (Å²) in [4.78, 5) is 13.9. The van der Waals surface area contributed by atoms with Gasteiger partial charge in [-0.1, -0.05) is 24.3 Å². The van der Waals surface area contributed by atoms with Crippen LogP contribution in [-0.4, -0.2) is 16.2 Å². The summed E-state index contributed by atoms with van der Waals surface area (Å²) in [6.07, 6.45) is 8.52. The van der Waals surface area contributed by atoms with E-state index < -0.39 is 0 Å². The van der Waals surface area contributed by atoms with Crippen LogP contribution in [0, 0.1) is 0 Å². The molecule has 0 aliphatic carbocycles. The minimum Gasteiger partial charge on any atom is -0.393 e. The van der Waals surface area contributed by atoms with Gasteiger partial charge in [0.1, 0.15) is 0 Å². The van der Waals surface area contributed by atoms with Gasteiger partial charge in [-0.25, -0.2) is 0 Å². The van der Waals surface area contributed by atoms with E-state index in [2.05, 4.69) is 23.2 Å². The van der Waals surface area contributed by atoms with E-state index in [0.29, 0.717) is 0 Å². The van der Waals surface area contributed by atoms with Gasteiger partial charge in [-0.15, -0.1) is 0 Å². The number of pyridine rings is 1. The summed E-state index contributed by atoms with van der Waals surface area (Å²) in [5.41, 5.74) is 1.05. The molecule has 0 radical (unpaired) electrons. The van der Waals surface area contributed by atoms with Crippen molar-refractivity contribution < 1.29 is 5.11 Å². The molecule has 1 aromatic heterocycles. The van der Waals surface area contributed by atoms with Crippen molar-refractivity contribution in [3.8, 4) is 0 Å². The first-order valence-corrected chi connectivity index (χ1v) is 6.62. The number of aromatic amines is 1. The molecule has 100 valence electrons. The fourth-order valence-electron chi connectivity index (χ4n) is 2.04. The molecule has 2 N–H and O–H groups in total. The summed E-state index contributed by atoms with van der Waals surface area (Å²) in [6, 6.07) is 7.62. The third kappa shape index (κ3) is 4.07. The summed E-state index contributed by atoms with van der Waals surface area (Å²) in [7, 11) is 0. The van der Waals surface area contributed by atoms with Crippen LogP contribution in [0.4, 0.5) is 0 Å². The van der Waals surface area contributed by atoms with Crippen molar-refractivity contribution in [2.24, 2.45) is 0 Å². The molecule has 19 heavy (non-hydrogen) atoms. The van der Waals surface area contributed by atoms with E-state index in [1.54, 1.807) is 12.3 Å². The average Bonchev–Trinajstić information content (AvgIpc) is 2.38. The van der Waals surface area contributed by atoms with Gasteiger partial charge in [0, 0.05) is 12.3 Å². The summed E-state index contributed by atoms with van der Waals surface area (Å²) >= 11 is 0. The number of hydrogen-bond acceptors (Lipinski definition) is 2. The number of aliphatic hydroxyl groups is 1. The second-order valence-corrected chi connectivity index (χ2v) is 4.87. The highest BCUT2D eigenvalue weighted by atomic mass is 16.3. The molecular formula is C16H19NO2. The van der Waals surface area contributed by atoms with Crippen molar-refractivity contribution in [2.75, 3.05) is 0 Å². The lowest BCUT2D eigenvalue weighted by atomic mass is 10.1. The Kier molecular flexibility index (Phi) is 4.53. The number of H-pyrrole nitrogens is 1. The monoisotopic (exact) mass is 257 g/mol. The predicted molar refractivity (Wildman–Crippen MR) is 79.1 cm³/mol. The smallest absolute Gasteiger partial charge is 0.248 e. The first-order chi connectivity index (χ1) is 9.15. The Morgan fingerprint density at radius 3 is 2.95 bits per heavy atom. The summed E-state index contributed by atoms with van der Waals surface area (Å²) in [5, 5.41) is 11.1. The highest BCUT2D eigenvalue weighted by molar-refractivity contribution is 5.83. The number of aromatic nitrogens is 1. The van der Waals surface area contributed by atoms with Crippen LogP contribution in [0.25, 0.3) is 16.8 Å². The van der Waals surface area contributed by atoms with Gasteiger partial charge < -0.3 is 10.1 Å². The lowest BCUT2D eigenvalue weighted by molar-refractivity contribution is 0.182. The number of allylic oxidation sites excluding steroid dienone is 1. The minimum atomic E-state index is -0.217. The van der Waals surface area contributed by atoms with Crippen molar-refractivity contribution in [3.05, 3.63) is 52.5 Å². The van der Waals surface area contributed by atoms with Crippen LogP contribution in [0.15, 0.2) is 41.3 Å². The topological polar surface area (TPSA) is 53.1 Å². The summed E-state index contributed by atoms with van der Waals surface area (Å²) in [6.45, 7) is 1.81. The van der Waals surface area contributed by atoms with Crippen LogP contribution in [0.2, 0.25) is 0 Å². The lowest BCUT2D eigenvalue weighted by Crippen LogP contribution is -2.01. The maximum Gasteiger partial charge on any atom is 0.248 e. The molecule has 3 heteroatoms. The number of benzene rings is 1. The van der Waals surface area contributed by atoms with Crippen LogP contribution in [0.1, 0.15) is 31.7 Å². The largest absolute Gasteiger partial charge is 0.393 e. The molecule has 0 fully saturated rings. The maximum atomic E-state index is 11.2. The fraction of sp³-hybridized carbons (Fsp3) is 0.312. The van der Waals surface area contributed by atoms with Gasteiger partial charge >= 0.3 is 0 Å².